The van der Waals surface area contributed by atoms with Gasteiger partial charge in [0.05, 0.1) is 0 Å². The van der Waals surface area contributed by atoms with Crippen LogP contribution in [0.1, 0.15) is 5.82 Å². The number of nitrogens with zero attached hydrogens (tertiary/aromatic N) is 2. The fraction of sp³-hybridized carbons (Fsp3) is 0.0455. The molecule has 0 unspecified atom stereocenters. The molecule has 3 heteroatoms. The molecule has 0 bridgehead atoms. The van der Waals surface area contributed by atoms with Crippen LogP contribution < -0.4 is 4.74 Å². The number of rotatable bonds is 5. The van der Waals surface area contributed by atoms with Gasteiger partial charge in [-0.15, -0.1) is 0 Å². The van der Waals surface area contributed by atoms with Gasteiger partial charge in [-0.05, 0) is 35.4 Å². The van der Waals surface area contributed by atoms with Crippen LogP contribution in [-0.4, -0.2) is 9.55 Å². The van der Waals surface area contributed by atoms with Crippen LogP contribution >= 0.6 is 0 Å². The van der Waals surface area contributed by atoms with Crippen molar-refractivity contribution in [2.45, 2.75) is 6.61 Å². The summed E-state index contributed by atoms with van der Waals surface area (Å²) in [4.78, 5) is 4.43. The maximum atomic E-state index is 5.82. The van der Waals surface area contributed by atoms with Crippen molar-refractivity contribution in [1.29, 1.82) is 0 Å². The highest BCUT2D eigenvalue weighted by molar-refractivity contribution is 5.64. The van der Waals surface area contributed by atoms with Crippen molar-refractivity contribution in [2.75, 3.05) is 0 Å². The Labute approximate surface area is 147 Å². The topological polar surface area (TPSA) is 27.1 Å². The van der Waals surface area contributed by atoms with Crippen LogP contribution in [0.15, 0.2) is 97.3 Å². The van der Waals surface area contributed by atoms with Crippen molar-refractivity contribution in [3.8, 4) is 22.6 Å². The molecule has 0 spiro atoms. The molecule has 25 heavy (non-hydrogen) atoms. The third-order valence-corrected chi connectivity index (χ3v) is 4.08. The molecule has 3 aromatic carbocycles. The average molecular weight is 326 g/mol. The van der Waals surface area contributed by atoms with Crippen molar-refractivity contribution in [1.82, 2.24) is 9.55 Å². The van der Waals surface area contributed by atoms with Crippen molar-refractivity contribution in [3.63, 3.8) is 0 Å². The Balaban J connectivity index is 1.54. The van der Waals surface area contributed by atoms with Crippen LogP contribution in [0.25, 0.3) is 16.8 Å². The van der Waals surface area contributed by atoms with E-state index in [-0.39, 0.29) is 0 Å². The predicted octanol–water partition coefficient (Wildman–Crippen LogP) is 5.12. The molecule has 3 nitrogen and oxygen atoms in total. The van der Waals surface area contributed by atoms with Crippen molar-refractivity contribution in [3.05, 3.63) is 103 Å². The van der Waals surface area contributed by atoms with Gasteiger partial charge in [0.1, 0.15) is 12.4 Å². The zero-order valence-corrected chi connectivity index (χ0v) is 13.7. The highest BCUT2D eigenvalue weighted by atomic mass is 16.5. The van der Waals surface area contributed by atoms with E-state index in [1.165, 1.54) is 11.1 Å². The quantitative estimate of drug-likeness (QED) is 0.509. The Morgan fingerprint density at radius 3 is 2.08 bits per heavy atom. The fourth-order valence-corrected chi connectivity index (χ4v) is 2.79. The van der Waals surface area contributed by atoms with Gasteiger partial charge >= 0.3 is 0 Å². The molecule has 4 rings (SSSR count). The molecular weight excluding hydrogens is 308 g/mol. The first kappa shape index (κ1) is 15.2. The fourth-order valence-electron chi connectivity index (χ4n) is 2.79. The molecule has 0 amide bonds. The summed E-state index contributed by atoms with van der Waals surface area (Å²) < 4.78 is 7.88. The van der Waals surface area contributed by atoms with E-state index in [2.05, 4.69) is 58.1 Å². The molecule has 0 radical (unpaired) electrons. The summed E-state index contributed by atoms with van der Waals surface area (Å²) in [6, 6.07) is 28.6. The molecule has 1 heterocycles. The highest BCUT2D eigenvalue weighted by Crippen LogP contribution is 2.21. The van der Waals surface area contributed by atoms with Crippen LogP contribution in [0.4, 0.5) is 0 Å². The van der Waals surface area contributed by atoms with Crippen LogP contribution in [0, 0.1) is 0 Å². The Bertz CT molecular complexity index is 929. The van der Waals surface area contributed by atoms with Gasteiger partial charge in [-0.2, -0.15) is 0 Å². The first-order valence-corrected chi connectivity index (χ1v) is 8.26. The first-order valence-electron chi connectivity index (χ1n) is 8.26. The smallest absolute Gasteiger partial charge is 0.151 e. The second-order valence-electron chi connectivity index (χ2n) is 5.73. The largest absolute Gasteiger partial charge is 0.486 e. The molecule has 0 fully saturated rings. The van der Waals surface area contributed by atoms with E-state index < -0.39 is 0 Å². The van der Waals surface area contributed by atoms with E-state index in [1.54, 1.807) is 6.20 Å². The van der Waals surface area contributed by atoms with Gasteiger partial charge in [0.15, 0.2) is 5.82 Å². The standard InChI is InChI=1S/C22H18N2O/c1-3-7-18(8-4-1)19-11-13-20(14-12-19)24-16-15-23-22(24)17-25-21-9-5-2-6-10-21/h1-16H,17H2. The zero-order valence-electron chi connectivity index (χ0n) is 13.7. The summed E-state index contributed by atoms with van der Waals surface area (Å²) in [7, 11) is 0. The average Bonchev–Trinajstić information content (AvgIpc) is 3.17. The minimum atomic E-state index is 0.428. The van der Waals surface area contributed by atoms with Crippen LogP contribution in [0.5, 0.6) is 5.75 Å². The Morgan fingerprint density at radius 2 is 1.36 bits per heavy atom. The van der Waals surface area contributed by atoms with Crippen molar-refractivity contribution < 1.29 is 4.74 Å². The molecule has 122 valence electrons. The van der Waals surface area contributed by atoms with E-state index in [0.717, 1.165) is 17.3 Å². The van der Waals surface area contributed by atoms with Crippen LogP contribution in [0.2, 0.25) is 0 Å². The SMILES string of the molecule is c1ccc(OCc2nccn2-c2ccc(-c3ccccc3)cc2)cc1. The lowest BCUT2D eigenvalue weighted by molar-refractivity contribution is 0.294. The number of ether oxygens (including phenoxy) is 1. The van der Waals surface area contributed by atoms with Gasteiger partial charge in [-0.25, -0.2) is 4.98 Å². The summed E-state index contributed by atoms with van der Waals surface area (Å²) >= 11 is 0. The molecule has 0 aliphatic heterocycles. The predicted molar refractivity (Wildman–Crippen MR) is 99.8 cm³/mol. The van der Waals surface area contributed by atoms with E-state index in [4.69, 9.17) is 4.74 Å². The zero-order chi connectivity index (χ0) is 16.9. The Hall–Kier alpha value is -3.33. The number of para-hydroxylation sites is 1. The van der Waals surface area contributed by atoms with Crippen LogP contribution in [-0.2, 0) is 6.61 Å². The maximum absolute atomic E-state index is 5.82. The van der Waals surface area contributed by atoms with Gasteiger partial charge in [0.25, 0.3) is 0 Å². The second-order valence-corrected chi connectivity index (χ2v) is 5.73. The molecule has 1 aromatic heterocycles. The second kappa shape index (κ2) is 7.05. The van der Waals surface area contributed by atoms with Crippen molar-refractivity contribution in [2.24, 2.45) is 0 Å². The van der Waals surface area contributed by atoms with E-state index in [9.17, 15) is 0 Å². The first-order chi connectivity index (χ1) is 12.4. The van der Waals surface area contributed by atoms with Gasteiger partial charge in [-0.3, -0.25) is 0 Å². The van der Waals surface area contributed by atoms with Gasteiger partial charge in [-0.1, -0.05) is 60.7 Å². The number of hydrogen-bond acceptors (Lipinski definition) is 2. The molecule has 0 saturated carbocycles. The molecule has 0 N–H and O–H groups in total. The third kappa shape index (κ3) is 3.45. The van der Waals surface area contributed by atoms with E-state index in [0.29, 0.717) is 6.61 Å². The third-order valence-electron chi connectivity index (χ3n) is 4.08. The lowest BCUT2D eigenvalue weighted by atomic mass is 10.1. The number of hydrogen-bond donors (Lipinski definition) is 0. The minimum Gasteiger partial charge on any atom is -0.486 e. The van der Waals surface area contributed by atoms with Gasteiger partial charge in [0.2, 0.25) is 0 Å². The Kier molecular flexibility index (Phi) is 4.29. The number of benzene rings is 3. The lowest BCUT2D eigenvalue weighted by Gasteiger charge is -2.10. The van der Waals surface area contributed by atoms with E-state index in [1.807, 2.05) is 42.6 Å². The normalized spacial score (nSPS) is 10.6. The Morgan fingerprint density at radius 1 is 0.720 bits per heavy atom. The monoisotopic (exact) mass is 326 g/mol. The highest BCUT2D eigenvalue weighted by Gasteiger charge is 2.06. The molecule has 0 saturated heterocycles. The molecule has 0 aliphatic carbocycles. The molecule has 4 aromatic rings. The minimum absolute atomic E-state index is 0.428. The number of imidazole rings is 1. The van der Waals surface area contributed by atoms with E-state index >= 15 is 0 Å². The van der Waals surface area contributed by atoms with Gasteiger partial charge in [0, 0.05) is 18.1 Å². The van der Waals surface area contributed by atoms with Crippen molar-refractivity contribution >= 4 is 0 Å². The molecular formula is C22H18N2O. The van der Waals surface area contributed by atoms with Crippen LogP contribution in [0.3, 0.4) is 0 Å². The summed E-state index contributed by atoms with van der Waals surface area (Å²) in [5, 5.41) is 0. The molecule has 0 aliphatic rings. The number of aromatic nitrogens is 2. The summed E-state index contributed by atoms with van der Waals surface area (Å²) in [6.07, 6.45) is 3.76. The summed E-state index contributed by atoms with van der Waals surface area (Å²) in [6.45, 7) is 0.428. The summed E-state index contributed by atoms with van der Waals surface area (Å²) in [5.41, 5.74) is 3.49. The molecule has 0 atom stereocenters. The van der Waals surface area contributed by atoms with Gasteiger partial charge < -0.3 is 9.30 Å². The summed E-state index contributed by atoms with van der Waals surface area (Å²) in [5.74, 6) is 1.72. The lowest BCUT2D eigenvalue weighted by Crippen LogP contribution is -2.05. The maximum Gasteiger partial charge on any atom is 0.151 e.